The molecule has 0 spiro atoms. The second-order valence-corrected chi connectivity index (χ2v) is 12.2. The average Bonchev–Trinajstić information content (AvgIpc) is 3.72. The molecule has 2 aromatic carbocycles. The number of pyridine rings is 1. The lowest BCUT2D eigenvalue weighted by molar-refractivity contribution is -0.137. The van der Waals surface area contributed by atoms with Crippen LogP contribution < -0.4 is 4.74 Å². The molecule has 0 unspecified atom stereocenters. The van der Waals surface area contributed by atoms with Gasteiger partial charge < -0.3 is 9.64 Å². The number of carbonyl (C=O) groups excluding carboxylic acids is 1. The number of hydrogen-bond donors (Lipinski definition) is 0. The Morgan fingerprint density at radius 3 is 2.42 bits per heavy atom. The van der Waals surface area contributed by atoms with Crippen LogP contribution in [0.4, 0.5) is 13.2 Å². The van der Waals surface area contributed by atoms with Gasteiger partial charge in [0, 0.05) is 54.7 Å². The molecule has 10 heteroatoms. The Bertz CT molecular complexity index is 1450. The maximum atomic E-state index is 13.0. The molecule has 0 atom stereocenters. The lowest BCUT2D eigenvalue weighted by atomic mass is 9.90. The molecule has 1 saturated carbocycles. The summed E-state index contributed by atoms with van der Waals surface area (Å²) < 4.78 is 68.3. The fraction of sp³-hybridized carbons (Fsp3) is 0.357. The van der Waals surface area contributed by atoms with E-state index < -0.39 is 21.6 Å². The fourth-order valence-electron chi connectivity index (χ4n) is 4.67. The van der Waals surface area contributed by atoms with Crippen LogP contribution in [-0.2, 0) is 33.8 Å². The van der Waals surface area contributed by atoms with E-state index in [1.54, 1.807) is 17.2 Å². The Hall–Kier alpha value is -3.40. The van der Waals surface area contributed by atoms with Gasteiger partial charge in [-0.2, -0.15) is 13.2 Å². The lowest BCUT2D eigenvalue weighted by Crippen LogP contribution is -2.37. The summed E-state index contributed by atoms with van der Waals surface area (Å²) in [5.74, 6) is 0.697. The van der Waals surface area contributed by atoms with Gasteiger partial charge in [-0.15, -0.1) is 0 Å². The molecular formula is C28H27F3N2O4S. The topological polar surface area (TPSA) is 76.6 Å². The van der Waals surface area contributed by atoms with Crippen molar-refractivity contribution >= 4 is 15.7 Å². The standard InChI is InChI=1S/C28H27F3N2O4S/c1-38(35,36)15-13-26(34)33-14-12-18-5-11-25(37-22-8-6-21(7-9-22)28(29,30)31)27(23(18)17-33)20-4-10-24(32-16-20)19-2-3-19/h4-11,16,19H,2-3,12-15,17H2,1H3. The molecule has 1 amide bonds. The van der Waals surface area contributed by atoms with Crippen LogP contribution >= 0.6 is 0 Å². The molecule has 1 fully saturated rings. The minimum Gasteiger partial charge on any atom is -0.457 e. The number of nitrogens with zero attached hydrogens (tertiary/aromatic N) is 2. The maximum Gasteiger partial charge on any atom is 0.416 e. The first-order chi connectivity index (χ1) is 18.0. The van der Waals surface area contributed by atoms with Crippen molar-refractivity contribution in [3.05, 3.63) is 77.1 Å². The van der Waals surface area contributed by atoms with E-state index >= 15 is 0 Å². The largest absolute Gasteiger partial charge is 0.457 e. The Balaban J connectivity index is 1.50. The monoisotopic (exact) mass is 544 g/mol. The predicted octanol–water partition coefficient (Wildman–Crippen LogP) is 5.76. The van der Waals surface area contributed by atoms with E-state index in [1.807, 2.05) is 18.2 Å². The summed E-state index contributed by atoms with van der Waals surface area (Å²) in [6, 6.07) is 12.1. The number of sulfone groups is 1. The molecule has 5 rings (SSSR count). The molecule has 38 heavy (non-hydrogen) atoms. The molecule has 1 aromatic heterocycles. The van der Waals surface area contributed by atoms with Crippen molar-refractivity contribution in [3.63, 3.8) is 0 Å². The second-order valence-electron chi connectivity index (χ2n) is 9.89. The molecule has 0 bridgehead atoms. The number of fused-ring (bicyclic) bond motifs is 1. The van der Waals surface area contributed by atoms with Gasteiger partial charge in [0.25, 0.3) is 0 Å². The minimum atomic E-state index is -4.45. The van der Waals surface area contributed by atoms with Crippen LogP contribution in [-0.4, -0.2) is 42.8 Å². The molecule has 2 heterocycles. The number of alkyl halides is 3. The molecule has 1 aliphatic carbocycles. The number of ether oxygens (including phenoxy) is 1. The predicted molar refractivity (Wildman–Crippen MR) is 137 cm³/mol. The SMILES string of the molecule is CS(=O)(=O)CCC(=O)N1CCc2ccc(Oc3ccc(C(F)(F)F)cc3)c(-c3ccc(C4CC4)nc3)c2C1. The number of hydrogen-bond acceptors (Lipinski definition) is 5. The van der Waals surface area contributed by atoms with Crippen LogP contribution in [0.2, 0.25) is 0 Å². The normalized spacial score (nSPS) is 15.7. The highest BCUT2D eigenvalue weighted by atomic mass is 32.2. The molecule has 200 valence electrons. The quantitative estimate of drug-likeness (QED) is 0.378. The molecule has 6 nitrogen and oxygen atoms in total. The number of amides is 1. The maximum absolute atomic E-state index is 13.0. The summed E-state index contributed by atoms with van der Waals surface area (Å²) in [7, 11) is -3.28. The van der Waals surface area contributed by atoms with Crippen LogP contribution in [0.15, 0.2) is 54.7 Å². The van der Waals surface area contributed by atoms with Crippen LogP contribution in [0, 0.1) is 0 Å². The number of aromatic nitrogens is 1. The Morgan fingerprint density at radius 2 is 1.82 bits per heavy atom. The summed E-state index contributed by atoms with van der Waals surface area (Å²) in [4.78, 5) is 19.1. The first kappa shape index (κ1) is 26.2. The van der Waals surface area contributed by atoms with E-state index in [0.717, 1.165) is 59.2 Å². The van der Waals surface area contributed by atoms with Crippen LogP contribution in [0.25, 0.3) is 11.1 Å². The van der Waals surface area contributed by atoms with E-state index in [-0.39, 0.29) is 30.4 Å². The van der Waals surface area contributed by atoms with Crippen molar-refractivity contribution in [2.75, 3.05) is 18.6 Å². The van der Waals surface area contributed by atoms with Crippen LogP contribution in [0.1, 0.15) is 47.6 Å². The van der Waals surface area contributed by atoms with Gasteiger partial charge in [0.1, 0.15) is 21.3 Å². The zero-order valence-corrected chi connectivity index (χ0v) is 21.6. The number of halogens is 3. The highest BCUT2D eigenvalue weighted by Gasteiger charge is 2.31. The van der Waals surface area contributed by atoms with E-state index in [9.17, 15) is 26.4 Å². The van der Waals surface area contributed by atoms with Crippen molar-refractivity contribution in [3.8, 4) is 22.6 Å². The summed E-state index contributed by atoms with van der Waals surface area (Å²) >= 11 is 0. The summed E-state index contributed by atoms with van der Waals surface area (Å²) in [5.41, 5.74) is 3.63. The summed E-state index contributed by atoms with van der Waals surface area (Å²) in [6.45, 7) is 0.731. The van der Waals surface area contributed by atoms with Gasteiger partial charge in [0.05, 0.1) is 11.3 Å². The zero-order chi connectivity index (χ0) is 27.1. The zero-order valence-electron chi connectivity index (χ0n) is 20.8. The second kappa shape index (κ2) is 10.1. The molecule has 2 aliphatic rings. The van der Waals surface area contributed by atoms with Crippen molar-refractivity contribution in [1.29, 1.82) is 0 Å². The van der Waals surface area contributed by atoms with Crippen molar-refractivity contribution < 1.29 is 31.1 Å². The van der Waals surface area contributed by atoms with Gasteiger partial charge in [-0.05, 0) is 66.8 Å². The van der Waals surface area contributed by atoms with Crippen LogP contribution in [0.3, 0.4) is 0 Å². The van der Waals surface area contributed by atoms with Gasteiger partial charge in [0.2, 0.25) is 5.91 Å². The smallest absolute Gasteiger partial charge is 0.416 e. The Morgan fingerprint density at radius 1 is 1.08 bits per heavy atom. The van der Waals surface area contributed by atoms with E-state index in [1.165, 1.54) is 12.1 Å². The molecule has 0 N–H and O–H groups in total. The van der Waals surface area contributed by atoms with Gasteiger partial charge in [0.15, 0.2) is 0 Å². The lowest BCUT2D eigenvalue weighted by Gasteiger charge is -2.31. The first-order valence-electron chi connectivity index (χ1n) is 12.4. The fourth-order valence-corrected chi connectivity index (χ4v) is 5.21. The van der Waals surface area contributed by atoms with Crippen LogP contribution in [0.5, 0.6) is 11.5 Å². The van der Waals surface area contributed by atoms with E-state index in [4.69, 9.17) is 4.74 Å². The van der Waals surface area contributed by atoms with Gasteiger partial charge in [-0.3, -0.25) is 9.78 Å². The molecule has 0 saturated heterocycles. The van der Waals surface area contributed by atoms with Gasteiger partial charge >= 0.3 is 6.18 Å². The third kappa shape index (κ3) is 6.01. The molecular weight excluding hydrogens is 517 g/mol. The van der Waals surface area contributed by atoms with E-state index in [2.05, 4.69) is 4.98 Å². The first-order valence-corrected chi connectivity index (χ1v) is 14.5. The highest BCUT2D eigenvalue weighted by Crippen LogP contribution is 2.43. The van der Waals surface area contributed by atoms with Gasteiger partial charge in [-0.1, -0.05) is 12.1 Å². The van der Waals surface area contributed by atoms with Crippen molar-refractivity contribution in [2.45, 2.75) is 44.3 Å². The van der Waals surface area contributed by atoms with E-state index in [0.29, 0.717) is 24.6 Å². The number of carbonyl (C=O) groups is 1. The molecule has 0 radical (unpaired) electrons. The van der Waals surface area contributed by atoms with Gasteiger partial charge in [-0.25, -0.2) is 8.42 Å². The number of rotatable bonds is 7. The summed E-state index contributed by atoms with van der Waals surface area (Å²) in [6.07, 6.45) is 1.14. The van der Waals surface area contributed by atoms with Crippen molar-refractivity contribution in [1.82, 2.24) is 9.88 Å². The highest BCUT2D eigenvalue weighted by molar-refractivity contribution is 7.90. The third-order valence-corrected chi connectivity index (χ3v) is 7.84. The Kier molecular flexibility index (Phi) is 6.94. The molecule has 1 aliphatic heterocycles. The third-order valence-electron chi connectivity index (χ3n) is 6.89. The average molecular weight is 545 g/mol. The molecule has 3 aromatic rings. The minimum absolute atomic E-state index is 0.0944. The Labute approximate surface area is 219 Å². The van der Waals surface area contributed by atoms with Crippen molar-refractivity contribution in [2.24, 2.45) is 0 Å². The number of benzene rings is 2. The summed E-state index contributed by atoms with van der Waals surface area (Å²) in [5, 5.41) is 0.